The summed E-state index contributed by atoms with van der Waals surface area (Å²) in [5.41, 5.74) is 3.51. The summed E-state index contributed by atoms with van der Waals surface area (Å²) in [5.74, 6) is 3.76. The number of fused-ring (bicyclic) bond motifs is 2. The molecule has 6 rings (SSSR count). The Kier molecular flexibility index (Phi) is 4.75. The van der Waals surface area contributed by atoms with Crippen LogP contribution in [0.4, 0.5) is 11.5 Å². The lowest BCUT2D eigenvalue weighted by Crippen LogP contribution is -2.00. The highest BCUT2D eigenvalue weighted by molar-refractivity contribution is 5.91. The van der Waals surface area contributed by atoms with Gasteiger partial charge in [0.05, 0.1) is 12.1 Å². The van der Waals surface area contributed by atoms with E-state index in [2.05, 4.69) is 25.4 Å². The number of nitrogens with one attached hydrogen (secondary N) is 1. The zero-order chi connectivity index (χ0) is 22.2. The molecule has 0 amide bonds. The number of nitrogens with zero attached hydrogens (tertiary/aromatic N) is 5. The first-order valence-corrected chi connectivity index (χ1v) is 10.9. The van der Waals surface area contributed by atoms with Crippen LogP contribution < -0.4 is 14.8 Å². The molecule has 0 radical (unpaired) electrons. The van der Waals surface area contributed by atoms with Crippen molar-refractivity contribution in [3.05, 3.63) is 72.9 Å². The number of ether oxygens (including phenoxy) is 2. The third-order valence-corrected chi connectivity index (χ3v) is 5.71. The van der Waals surface area contributed by atoms with Crippen molar-refractivity contribution in [1.29, 1.82) is 0 Å². The molecule has 33 heavy (non-hydrogen) atoms. The molecule has 0 unspecified atom stereocenters. The predicted molar refractivity (Wildman–Crippen MR) is 125 cm³/mol. The second-order valence-electron chi connectivity index (χ2n) is 8.29. The van der Waals surface area contributed by atoms with Crippen LogP contribution >= 0.6 is 0 Å². The molecule has 1 saturated carbocycles. The fraction of sp³-hybridized carbons (Fsp3) is 0.200. The van der Waals surface area contributed by atoms with Gasteiger partial charge >= 0.3 is 0 Å². The second-order valence-corrected chi connectivity index (χ2v) is 8.29. The minimum Gasteiger partial charge on any atom is -0.493 e. The normalized spacial score (nSPS) is 13.4. The van der Waals surface area contributed by atoms with Crippen LogP contribution in [0.1, 0.15) is 18.4 Å². The number of aryl methyl sites for hydroxylation is 1. The Morgan fingerprint density at radius 2 is 1.91 bits per heavy atom. The van der Waals surface area contributed by atoms with E-state index in [9.17, 15) is 0 Å². The highest BCUT2D eigenvalue weighted by Crippen LogP contribution is 2.32. The molecule has 1 fully saturated rings. The Bertz CT molecular complexity index is 1460. The van der Waals surface area contributed by atoms with E-state index in [1.807, 2.05) is 61.7 Å². The molecule has 0 atom stereocenters. The quantitative estimate of drug-likeness (QED) is 0.369. The van der Waals surface area contributed by atoms with E-state index in [-0.39, 0.29) is 0 Å². The minimum atomic E-state index is 0.701. The molecular weight excluding hydrogens is 416 g/mol. The van der Waals surface area contributed by atoms with Gasteiger partial charge in [0.15, 0.2) is 5.65 Å². The first kappa shape index (κ1) is 19.5. The Labute approximate surface area is 190 Å². The molecule has 3 aromatic heterocycles. The molecule has 0 spiro atoms. The van der Waals surface area contributed by atoms with Crippen LogP contribution in [0, 0.1) is 12.8 Å². The topological polar surface area (TPSA) is 86.5 Å². The summed E-state index contributed by atoms with van der Waals surface area (Å²) in [6.07, 6.45) is 7.44. The van der Waals surface area contributed by atoms with Gasteiger partial charge in [0.1, 0.15) is 35.7 Å². The van der Waals surface area contributed by atoms with Crippen molar-refractivity contribution in [1.82, 2.24) is 24.6 Å². The SMILES string of the molecule is Cc1cc(Nc2ncnc3ccc(OCC4CC4)cc23)ccc1Oc1ccn2ncnc2c1. The van der Waals surface area contributed by atoms with Crippen LogP contribution in [-0.2, 0) is 0 Å². The Morgan fingerprint density at radius 3 is 2.79 bits per heavy atom. The van der Waals surface area contributed by atoms with Gasteiger partial charge in [-0.05, 0) is 73.7 Å². The van der Waals surface area contributed by atoms with Crippen LogP contribution in [0.15, 0.2) is 67.4 Å². The molecule has 0 bridgehead atoms. The van der Waals surface area contributed by atoms with Gasteiger partial charge in [-0.2, -0.15) is 5.10 Å². The number of pyridine rings is 1. The van der Waals surface area contributed by atoms with Crippen molar-refractivity contribution in [3.63, 3.8) is 0 Å². The minimum absolute atomic E-state index is 0.701. The summed E-state index contributed by atoms with van der Waals surface area (Å²) in [4.78, 5) is 13.1. The van der Waals surface area contributed by atoms with Crippen LogP contribution in [0.3, 0.4) is 0 Å². The number of aromatic nitrogens is 5. The maximum atomic E-state index is 6.08. The molecule has 1 aliphatic rings. The summed E-state index contributed by atoms with van der Waals surface area (Å²) in [7, 11) is 0. The van der Waals surface area contributed by atoms with E-state index in [0.29, 0.717) is 11.7 Å². The summed E-state index contributed by atoms with van der Waals surface area (Å²) >= 11 is 0. The monoisotopic (exact) mass is 438 g/mol. The Hall–Kier alpha value is -4.20. The van der Waals surface area contributed by atoms with Crippen molar-refractivity contribution >= 4 is 28.1 Å². The fourth-order valence-corrected chi connectivity index (χ4v) is 3.69. The van der Waals surface area contributed by atoms with Crippen molar-refractivity contribution in [2.45, 2.75) is 19.8 Å². The van der Waals surface area contributed by atoms with E-state index < -0.39 is 0 Å². The van der Waals surface area contributed by atoms with Crippen molar-refractivity contribution in [2.75, 3.05) is 11.9 Å². The average molecular weight is 438 g/mol. The third-order valence-electron chi connectivity index (χ3n) is 5.71. The van der Waals surface area contributed by atoms with E-state index in [1.54, 1.807) is 10.8 Å². The van der Waals surface area contributed by atoms with Gasteiger partial charge in [-0.1, -0.05) is 0 Å². The zero-order valence-electron chi connectivity index (χ0n) is 18.1. The van der Waals surface area contributed by atoms with Crippen LogP contribution in [0.5, 0.6) is 17.2 Å². The number of hydrogen-bond acceptors (Lipinski definition) is 7. The van der Waals surface area contributed by atoms with Gasteiger partial charge in [-0.25, -0.2) is 19.5 Å². The first-order chi connectivity index (χ1) is 16.2. The Balaban J connectivity index is 1.23. The predicted octanol–water partition coefficient (Wildman–Crippen LogP) is 5.31. The van der Waals surface area contributed by atoms with E-state index >= 15 is 0 Å². The highest BCUT2D eigenvalue weighted by Gasteiger charge is 2.22. The molecule has 3 heterocycles. The van der Waals surface area contributed by atoms with Gasteiger partial charge in [-0.3, -0.25) is 0 Å². The van der Waals surface area contributed by atoms with Gasteiger partial charge in [0, 0.05) is 23.3 Å². The summed E-state index contributed by atoms with van der Waals surface area (Å²) < 4.78 is 13.7. The molecule has 2 aromatic carbocycles. The van der Waals surface area contributed by atoms with Gasteiger partial charge in [0.2, 0.25) is 0 Å². The van der Waals surface area contributed by atoms with Crippen molar-refractivity contribution in [2.24, 2.45) is 5.92 Å². The Morgan fingerprint density at radius 1 is 0.970 bits per heavy atom. The molecule has 164 valence electrons. The molecule has 0 saturated heterocycles. The highest BCUT2D eigenvalue weighted by atomic mass is 16.5. The summed E-state index contributed by atoms with van der Waals surface area (Å²) in [6.45, 7) is 2.78. The number of anilines is 2. The van der Waals surface area contributed by atoms with Crippen LogP contribution in [0.25, 0.3) is 16.6 Å². The van der Waals surface area contributed by atoms with Gasteiger partial charge < -0.3 is 14.8 Å². The van der Waals surface area contributed by atoms with Crippen molar-refractivity contribution < 1.29 is 9.47 Å². The maximum Gasteiger partial charge on any atom is 0.158 e. The molecule has 8 nitrogen and oxygen atoms in total. The standard InChI is InChI=1S/C25H22N6O2/c1-16-10-18(4-7-23(16)33-20-8-9-31-24(12-20)27-15-29-31)30-25-21-11-19(32-13-17-2-3-17)5-6-22(21)26-14-28-25/h4-12,14-15,17H,2-3,13H2,1H3,(H,26,28,30). The first-order valence-electron chi connectivity index (χ1n) is 10.9. The van der Waals surface area contributed by atoms with E-state index in [0.717, 1.165) is 51.7 Å². The summed E-state index contributed by atoms with van der Waals surface area (Å²) in [5, 5.41) is 8.45. The largest absolute Gasteiger partial charge is 0.493 e. The molecule has 1 aliphatic carbocycles. The van der Waals surface area contributed by atoms with Crippen LogP contribution in [0.2, 0.25) is 0 Å². The van der Waals surface area contributed by atoms with Crippen molar-refractivity contribution in [3.8, 4) is 17.2 Å². The molecule has 5 aromatic rings. The lowest BCUT2D eigenvalue weighted by atomic mass is 10.2. The van der Waals surface area contributed by atoms with Gasteiger partial charge in [0.25, 0.3) is 0 Å². The van der Waals surface area contributed by atoms with Gasteiger partial charge in [-0.15, -0.1) is 0 Å². The average Bonchev–Trinajstić information content (AvgIpc) is 3.55. The number of benzene rings is 2. The number of hydrogen-bond donors (Lipinski definition) is 1. The molecule has 0 aliphatic heterocycles. The lowest BCUT2D eigenvalue weighted by molar-refractivity contribution is 0.300. The van der Waals surface area contributed by atoms with E-state index in [4.69, 9.17) is 9.47 Å². The zero-order valence-corrected chi connectivity index (χ0v) is 18.1. The van der Waals surface area contributed by atoms with E-state index in [1.165, 1.54) is 19.2 Å². The maximum absolute atomic E-state index is 6.08. The molecule has 1 N–H and O–H groups in total. The fourth-order valence-electron chi connectivity index (χ4n) is 3.69. The molecular formula is C25H22N6O2. The summed E-state index contributed by atoms with van der Waals surface area (Å²) in [6, 6.07) is 15.6. The lowest BCUT2D eigenvalue weighted by Gasteiger charge is -2.13. The second kappa shape index (κ2) is 8.05. The smallest absolute Gasteiger partial charge is 0.158 e. The molecule has 8 heteroatoms. The number of rotatable bonds is 7. The van der Waals surface area contributed by atoms with Crippen LogP contribution in [-0.4, -0.2) is 31.2 Å². The third kappa shape index (κ3) is 4.15.